The first-order valence-corrected chi connectivity index (χ1v) is 12.2. The van der Waals surface area contributed by atoms with Gasteiger partial charge < -0.3 is 20.7 Å². The highest BCUT2D eigenvalue weighted by Gasteiger charge is 2.21. The van der Waals surface area contributed by atoms with Gasteiger partial charge in [0.1, 0.15) is 6.04 Å². The summed E-state index contributed by atoms with van der Waals surface area (Å²) in [4.78, 5) is 48.6. The lowest BCUT2D eigenvalue weighted by atomic mass is 9.87. The van der Waals surface area contributed by atoms with Crippen molar-refractivity contribution in [3.8, 4) is 0 Å². The number of amides is 3. The van der Waals surface area contributed by atoms with Gasteiger partial charge in [-0.25, -0.2) is 4.79 Å². The highest BCUT2D eigenvalue weighted by molar-refractivity contribution is 5.94. The smallest absolute Gasteiger partial charge is 0.328 e. The van der Waals surface area contributed by atoms with Crippen molar-refractivity contribution in [1.82, 2.24) is 16.0 Å². The Bertz CT molecular complexity index is 1010. The molecule has 0 heterocycles. The van der Waals surface area contributed by atoms with Gasteiger partial charge in [-0.1, -0.05) is 63.2 Å². The molecule has 8 heteroatoms. The molecule has 2 aromatic rings. The van der Waals surface area contributed by atoms with E-state index in [1.54, 1.807) is 12.1 Å². The quantitative estimate of drug-likeness (QED) is 0.310. The first-order chi connectivity index (χ1) is 17.1. The second-order valence-corrected chi connectivity index (χ2v) is 9.62. The molecule has 0 aromatic heterocycles. The molecule has 3 amide bonds. The van der Waals surface area contributed by atoms with Crippen LogP contribution in [0.15, 0.2) is 54.6 Å². The summed E-state index contributed by atoms with van der Waals surface area (Å²) in [6, 6.07) is 16.0. The van der Waals surface area contributed by atoms with Crippen molar-refractivity contribution in [1.29, 1.82) is 0 Å². The Labute approximate surface area is 213 Å². The number of methoxy groups -OCH3 is 1. The van der Waals surface area contributed by atoms with Crippen molar-refractivity contribution < 1.29 is 23.9 Å². The lowest BCUT2D eigenvalue weighted by Gasteiger charge is -2.19. The molecular formula is C28H37N3O5. The first-order valence-electron chi connectivity index (χ1n) is 12.2. The van der Waals surface area contributed by atoms with Crippen molar-refractivity contribution >= 4 is 23.7 Å². The molecule has 36 heavy (non-hydrogen) atoms. The van der Waals surface area contributed by atoms with Crippen LogP contribution in [0.2, 0.25) is 0 Å². The van der Waals surface area contributed by atoms with E-state index in [4.69, 9.17) is 4.74 Å². The van der Waals surface area contributed by atoms with Gasteiger partial charge >= 0.3 is 5.97 Å². The lowest BCUT2D eigenvalue weighted by Crippen LogP contribution is -2.43. The lowest BCUT2D eigenvalue weighted by molar-refractivity contribution is -0.145. The predicted molar refractivity (Wildman–Crippen MR) is 138 cm³/mol. The summed E-state index contributed by atoms with van der Waals surface area (Å²) < 4.78 is 4.80. The van der Waals surface area contributed by atoms with Crippen LogP contribution in [0.3, 0.4) is 0 Å². The Kier molecular flexibility index (Phi) is 11.1. The maximum atomic E-state index is 12.3. The Morgan fingerprint density at radius 3 is 2.11 bits per heavy atom. The Morgan fingerprint density at radius 1 is 0.833 bits per heavy atom. The molecule has 0 radical (unpaired) electrons. The van der Waals surface area contributed by atoms with Gasteiger partial charge in [0, 0.05) is 37.9 Å². The van der Waals surface area contributed by atoms with Crippen LogP contribution in [0.1, 0.15) is 61.5 Å². The van der Waals surface area contributed by atoms with Gasteiger partial charge in [0.2, 0.25) is 11.8 Å². The van der Waals surface area contributed by atoms with Gasteiger partial charge in [-0.15, -0.1) is 0 Å². The Hall–Kier alpha value is -3.68. The van der Waals surface area contributed by atoms with Crippen LogP contribution in [-0.2, 0) is 31.0 Å². The number of hydrogen-bond acceptors (Lipinski definition) is 5. The minimum absolute atomic E-state index is 0.0129. The first kappa shape index (κ1) is 28.6. The van der Waals surface area contributed by atoms with E-state index >= 15 is 0 Å². The summed E-state index contributed by atoms with van der Waals surface area (Å²) in [5.74, 6) is -1.24. The van der Waals surface area contributed by atoms with E-state index in [9.17, 15) is 19.2 Å². The summed E-state index contributed by atoms with van der Waals surface area (Å²) in [6.07, 6.45) is 1.05. The topological polar surface area (TPSA) is 114 Å². The molecule has 2 rings (SSSR count). The van der Waals surface area contributed by atoms with Crippen molar-refractivity contribution in [3.63, 3.8) is 0 Å². The van der Waals surface area contributed by atoms with Crippen LogP contribution in [0.4, 0.5) is 0 Å². The van der Waals surface area contributed by atoms with Crippen molar-refractivity contribution in [2.45, 2.75) is 57.9 Å². The number of carbonyl (C=O) groups is 4. The fraction of sp³-hybridized carbons (Fsp3) is 0.429. The average molecular weight is 496 g/mol. The number of ether oxygens (including phenoxy) is 1. The van der Waals surface area contributed by atoms with Crippen molar-refractivity contribution in [3.05, 3.63) is 71.3 Å². The third-order valence-corrected chi connectivity index (χ3v) is 5.66. The van der Waals surface area contributed by atoms with Crippen LogP contribution in [0.25, 0.3) is 0 Å². The van der Waals surface area contributed by atoms with Crippen LogP contribution < -0.4 is 16.0 Å². The molecule has 0 aliphatic carbocycles. The number of nitrogens with one attached hydrogen (secondary N) is 3. The van der Waals surface area contributed by atoms with E-state index in [0.29, 0.717) is 24.9 Å². The molecule has 2 aromatic carbocycles. The summed E-state index contributed by atoms with van der Waals surface area (Å²) in [5, 5.41) is 8.19. The molecule has 0 saturated carbocycles. The number of benzene rings is 2. The molecular weight excluding hydrogens is 458 g/mol. The molecule has 8 nitrogen and oxygen atoms in total. The zero-order valence-corrected chi connectivity index (χ0v) is 21.6. The number of carbonyl (C=O) groups excluding carboxylic acids is 4. The molecule has 0 spiro atoms. The van der Waals surface area contributed by atoms with Gasteiger partial charge in [0.25, 0.3) is 5.91 Å². The maximum absolute atomic E-state index is 12.3. The zero-order chi connectivity index (χ0) is 26.6. The van der Waals surface area contributed by atoms with Crippen molar-refractivity contribution in [2.75, 3.05) is 20.2 Å². The summed E-state index contributed by atoms with van der Waals surface area (Å²) in [5.41, 5.74) is 2.62. The SMILES string of the molecule is COC(=O)[C@@H](Cc1ccccc1)NC(=O)CCCNC(=O)CCNC(=O)c1ccc(C(C)(C)C)cc1. The molecule has 194 valence electrons. The third-order valence-electron chi connectivity index (χ3n) is 5.66. The minimum atomic E-state index is -0.771. The highest BCUT2D eigenvalue weighted by atomic mass is 16.5. The Morgan fingerprint density at radius 2 is 1.50 bits per heavy atom. The van der Waals surface area contributed by atoms with E-state index < -0.39 is 12.0 Å². The molecule has 0 unspecified atom stereocenters. The van der Waals surface area contributed by atoms with Gasteiger partial charge in [-0.3, -0.25) is 14.4 Å². The summed E-state index contributed by atoms with van der Waals surface area (Å²) in [7, 11) is 1.28. The minimum Gasteiger partial charge on any atom is -0.467 e. The second kappa shape index (κ2) is 14.0. The van der Waals surface area contributed by atoms with Crippen LogP contribution in [-0.4, -0.2) is 49.9 Å². The average Bonchev–Trinajstić information content (AvgIpc) is 2.86. The van der Waals surface area contributed by atoms with Crippen LogP contribution in [0.5, 0.6) is 0 Å². The van der Waals surface area contributed by atoms with Gasteiger partial charge in [0.15, 0.2) is 0 Å². The molecule has 0 aliphatic rings. The van der Waals surface area contributed by atoms with E-state index in [1.807, 2.05) is 42.5 Å². The van der Waals surface area contributed by atoms with Crippen molar-refractivity contribution in [2.24, 2.45) is 0 Å². The number of esters is 1. The standard InChI is InChI=1S/C28H37N3O5/c1-28(2,3)22-14-12-21(13-15-22)26(34)30-18-16-24(32)29-17-8-11-25(33)31-23(27(35)36-4)19-20-9-6-5-7-10-20/h5-7,9-10,12-15,23H,8,11,16-19H2,1-4H3,(H,29,32)(H,30,34)(H,31,33)/t23-/m1/s1. The third kappa shape index (κ3) is 9.90. The fourth-order valence-corrected chi connectivity index (χ4v) is 3.53. The zero-order valence-electron chi connectivity index (χ0n) is 21.6. The molecule has 3 N–H and O–H groups in total. The summed E-state index contributed by atoms with van der Waals surface area (Å²) >= 11 is 0. The molecule has 0 aliphatic heterocycles. The van der Waals surface area contributed by atoms with E-state index in [2.05, 4.69) is 36.7 Å². The van der Waals surface area contributed by atoms with Gasteiger partial charge in [-0.2, -0.15) is 0 Å². The Balaban J connectivity index is 1.65. The monoisotopic (exact) mass is 495 g/mol. The van der Waals surface area contributed by atoms with Gasteiger partial charge in [0.05, 0.1) is 7.11 Å². The normalized spacial score (nSPS) is 11.8. The highest BCUT2D eigenvalue weighted by Crippen LogP contribution is 2.22. The predicted octanol–water partition coefficient (Wildman–Crippen LogP) is 2.90. The van der Waals surface area contributed by atoms with Crippen LogP contribution >= 0.6 is 0 Å². The number of rotatable bonds is 12. The van der Waals surface area contributed by atoms with E-state index in [1.165, 1.54) is 7.11 Å². The van der Waals surface area contributed by atoms with Gasteiger partial charge in [-0.05, 0) is 35.1 Å². The second-order valence-electron chi connectivity index (χ2n) is 9.62. The van der Waals surface area contributed by atoms with E-state index in [0.717, 1.165) is 11.1 Å². The molecule has 0 saturated heterocycles. The molecule has 0 fully saturated rings. The summed E-state index contributed by atoms with van der Waals surface area (Å²) in [6.45, 7) is 6.86. The maximum Gasteiger partial charge on any atom is 0.328 e. The number of hydrogen-bond donors (Lipinski definition) is 3. The van der Waals surface area contributed by atoms with E-state index in [-0.39, 0.29) is 42.5 Å². The fourth-order valence-electron chi connectivity index (χ4n) is 3.53. The molecule has 1 atom stereocenters. The largest absolute Gasteiger partial charge is 0.467 e. The van der Waals surface area contributed by atoms with Crippen LogP contribution in [0, 0.1) is 0 Å². The molecule has 0 bridgehead atoms.